The summed E-state index contributed by atoms with van der Waals surface area (Å²) in [6.07, 6.45) is 3.95. The number of ether oxygens (including phenoxy) is 1. The number of carbonyl (C=O) groups is 1. The van der Waals surface area contributed by atoms with Gasteiger partial charge in [0.15, 0.2) is 0 Å². The third-order valence-corrected chi connectivity index (χ3v) is 3.37. The molecule has 1 aromatic carbocycles. The number of hydrogen-bond donors (Lipinski definition) is 1. The second kappa shape index (κ2) is 5.89. The van der Waals surface area contributed by atoms with Gasteiger partial charge in [-0.3, -0.25) is 4.79 Å². The molecule has 0 aliphatic heterocycles. The van der Waals surface area contributed by atoms with Crippen molar-refractivity contribution in [2.75, 3.05) is 6.61 Å². The fourth-order valence-corrected chi connectivity index (χ4v) is 2.29. The Labute approximate surface area is 108 Å². The van der Waals surface area contributed by atoms with Gasteiger partial charge in [0.25, 0.3) is 0 Å². The molecule has 1 N–H and O–H groups in total. The zero-order chi connectivity index (χ0) is 13.0. The molecule has 3 heteroatoms. The van der Waals surface area contributed by atoms with Gasteiger partial charge in [-0.2, -0.15) is 0 Å². The lowest BCUT2D eigenvalue weighted by Gasteiger charge is -2.16. The highest BCUT2D eigenvalue weighted by molar-refractivity contribution is 5.70. The van der Waals surface area contributed by atoms with Crippen molar-refractivity contribution < 1.29 is 14.6 Å². The van der Waals surface area contributed by atoms with E-state index in [1.54, 1.807) is 12.1 Å². The molecule has 1 fully saturated rings. The highest BCUT2D eigenvalue weighted by Crippen LogP contribution is 2.40. The Hall–Kier alpha value is -1.51. The van der Waals surface area contributed by atoms with E-state index in [1.807, 2.05) is 19.1 Å². The van der Waals surface area contributed by atoms with Gasteiger partial charge in [0.2, 0.25) is 0 Å². The third kappa shape index (κ3) is 3.76. The standard InChI is InChI=1S/C15H20O3/c1-2-18-15(17)10-13(8-11-6-7-11)12-4-3-5-14(16)9-12/h3-5,9,11,13,16H,2,6-8,10H2,1H3. The Kier molecular flexibility index (Phi) is 4.24. The molecule has 0 bridgehead atoms. The highest BCUT2D eigenvalue weighted by atomic mass is 16.5. The Morgan fingerprint density at radius 1 is 1.50 bits per heavy atom. The van der Waals surface area contributed by atoms with E-state index >= 15 is 0 Å². The van der Waals surface area contributed by atoms with Crippen LogP contribution in [-0.4, -0.2) is 17.7 Å². The van der Waals surface area contributed by atoms with Crippen LogP contribution in [0.2, 0.25) is 0 Å². The molecule has 1 aromatic rings. The molecular formula is C15H20O3. The largest absolute Gasteiger partial charge is 0.508 e. The lowest BCUT2D eigenvalue weighted by molar-refractivity contribution is -0.143. The first-order chi connectivity index (χ1) is 8.69. The molecule has 3 nitrogen and oxygen atoms in total. The van der Waals surface area contributed by atoms with E-state index < -0.39 is 0 Å². The quantitative estimate of drug-likeness (QED) is 0.786. The van der Waals surface area contributed by atoms with Crippen molar-refractivity contribution in [1.82, 2.24) is 0 Å². The zero-order valence-electron chi connectivity index (χ0n) is 10.8. The van der Waals surface area contributed by atoms with E-state index in [0.29, 0.717) is 13.0 Å². The van der Waals surface area contributed by atoms with Crippen LogP contribution >= 0.6 is 0 Å². The second-order valence-corrected chi connectivity index (χ2v) is 4.98. The Morgan fingerprint density at radius 2 is 2.28 bits per heavy atom. The van der Waals surface area contributed by atoms with Crippen molar-refractivity contribution in [3.05, 3.63) is 29.8 Å². The average Bonchev–Trinajstić information content (AvgIpc) is 3.12. The molecule has 0 aromatic heterocycles. The zero-order valence-corrected chi connectivity index (χ0v) is 10.8. The number of rotatable bonds is 6. The number of benzene rings is 1. The summed E-state index contributed by atoms with van der Waals surface area (Å²) in [5.41, 5.74) is 1.04. The maximum atomic E-state index is 11.6. The summed E-state index contributed by atoms with van der Waals surface area (Å²) in [5.74, 6) is 1.03. The molecule has 1 saturated carbocycles. The highest BCUT2D eigenvalue weighted by Gasteiger charge is 2.28. The van der Waals surface area contributed by atoms with Crippen molar-refractivity contribution in [2.24, 2.45) is 5.92 Å². The van der Waals surface area contributed by atoms with Gasteiger partial charge in [0.1, 0.15) is 5.75 Å². The van der Waals surface area contributed by atoms with Crippen LogP contribution in [0.4, 0.5) is 0 Å². The molecule has 0 amide bonds. The van der Waals surface area contributed by atoms with Crippen molar-refractivity contribution >= 4 is 5.97 Å². The topological polar surface area (TPSA) is 46.5 Å². The molecule has 0 radical (unpaired) electrons. The fraction of sp³-hybridized carbons (Fsp3) is 0.533. The van der Waals surface area contributed by atoms with Gasteiger partial charge in [0, 0.05) is 0 Å². The summed E-state index contributed by atoms with van der Waals surface area (Å²) in [7, 11) is 0. The molecular weight excluding hydrogens is 228 g/mol. The van der Waals surface area contributed by atoms with Crippen LogP contribution in [0, 0.1) is 5.92 Å². The lowest BCUT2D eigenvalue weighted by Crippen LogP contribution is -2.11. The predicted molar refractivity (Wildman–Crippen MR) is 69.4 cm³/mol. The Balaban J connectivity index is 2.05. The van der Waals surface area contributed by atoms with E-state index in [9.17, 15) is 9.90 Å². The molecule has 0 spiro atoms. The van der Waals surface area contributed by atoms with E-state index in [4.69, 9.17) is 4.74 Å². The number of phenolic OH excluding ortho intramolecular Hbond substituents is 1. The Morgan fingerprint density at radius 3 is 2.89 bits per heavy atom. The van der Waals surface area contributed by atoms with Crippen LogP contribution in [0.25, 0.3) is 0 Å². The molecule has 0 saturated heterocycles. The number of hydrogen-bond acceptors (Lipinski definition) is 3. The minimum Gasteiger partial charge on any atom is -0.508 e. The van der Waals surface area contributed by atoms with E-state index in [0.717, 1.165) is 17.9 Å². The summed E-state index contributed by atoms with van der Waals surface area (Å²) in [5, 5.41) is 9.53. The number of carbonyl (C=O) groups excluding carboxylic acids is 1. The van der Waals surface area contributed by atoms with Crippen molar-refractivity contribution in [3.8, 4) is 5.75 Å². The lowest BCUT2D eigenvalue weighted by atomic mass is 9.90. The third-order valence-electron chi connectivity index (χ3n) is 3.37. The smallest absolute Gasteiger partial charge is 0.306 e. The average molecular weight is 248 g/mol. The maximum Gasteiger partial charge on any atom is 0.306 e. The van der Waals surface area contributed by atoms with Crippen LogP contribution in [0.5, 0.6) is 5.75 Å². The van der Waals surface area contributed by atoms with Gasteiger partial charge in [-0.05, 0) is 42.9 Å². The molecule has 0 heterocycles. The van der Waals surface area contributed by atoms with Gasteiger partial charge in [-0.25, -0.2) is 0 Å². The van der Waals surface area contributed by atoms with Crippen molar-refractivity contribution in [2.45, 2.75) is 38.5 Å². The van der Waals surface area contributed by atoms with Gasteiger partial charge in [0.05, 0.1) is 13.0 Å². The minimum absolute atomic E-state index is 0.147. The maximum absolute atomic E-state index is 11.6. The van der Waals surface area contributed by atoms with Crippen LogP contribution in [0.3, 0.4) is 0 Å². The summed E-state index contributed by atoms with van der Waals surface area (Å²) < 4.78 is 5.02. The number of esters is 1. The second-order valence-electron chi connectivity index (χ2n) is 4.98. The van der Waals surface area contributed by atoms with E-state index in [-0.39, 0.29) is 17.6 Å². The SMILES string of the molecule is CCOC(=O)CC(CC1CC1)c1cccc(O)c1. The van der Waals surface area contributed by atoms with Crippen molar-refractivity contribution in [1.29, 1.82) is 0 Å². The first-order valence-corrected chi connectivity index (χ1v) is 6.63. The van der Waals surface area contributed by atoms with Gasteiger partial charge < -0.3 is 9.84 Å². The Bertz CT molecular complexity index is 410. The van der Waals surface area contributed by atoms with Crippen LogP contribution < -0.4 is 0 Å². The summed E-state index contributed by atoms with van der Waals surface area (Å²) in [4.78, 5) is 11.6. The minimum atomic E-state index is -0.147. The van der Waals surface area contributed by atoms with Gasteiger partial charge >= 0.3 is 5.97 Å². The molecule has 1 atom stereocenters. The van der Waals surface area contributed by atoms with E-state index in [1.165, 1.54) is 12.8 Å². The fourth-order valence-electron chi connectivity index (χ4n) is 2.29. The molecule has 1 unspecified atom stereocenters. The van der Waals surface area contributed by atoms with Crippen LogP contribution in [0.15, 0.2) is 24.3 Å². The molecule has 98 valence electrons. The molecule has 1 aliphatic rings. The first kappa shape index (κ1) is 12.9. The van der Waals surface area contributed by atoms with E-state index in [2.05, 4.69) is 0 Å². The summed E-state index contributed by atoms with van der Waals surface area (Å²) >= 11 is 0. The predicted octanol–water partition coefficient (Wildman–Crippen LogP) is 3.23. The normalized spacial score (nSPS) is 16.3. The first-order valence-electron chi connectivity index (χ1n) is 6.63. The van der Waals surface area contributed by atoms with Crippen molar-refractivity contribution in [3.63, 3.8) is 0 Å². The monoisotopic (exact) mass is 248 g/mol. The summed E-state index contributed by atoms with van der Waals surface area (Å²) in [6.45, 7) is 2.25. The molecule has 1 aliphatic carbocycles. The summed E-state index contributed by atoms with van der Waals surface area (Å²) in [6, 6.07) is 7.22. The van der Waals surface area contributed by atoms with Crippen LogP contribution in [-0.2, 0) is 9.53 Å². The van der Waals surface area contributed by atoms with Crippen LogP contribution in [0.1, 0.15) is 44.1 Å². The number of aromatic hydroxyl groups is 1. The molecule has 2 rings (SSSR count). The molecule has 18 heavy (non-hydrogen) atoms. The van der Waals surface area contributed by atoms with Gasteiger partial charge in [-0.1, -0.05) is 25.0 Å². The number of phenols is 1. The van der Waals surface area contributed by atoms with Gasteiger partial charge in [-0.15, -0.1) is 0 Å².